The lowest BCUT2D eigenvalue weighted by molar-refractivity contribution is -0.150. The van der Waals surface area contributed by atoms with Crippen molar-refractivity contribution in [2.24, 2.45) is 11.8 Å². The Hall–Kier alpha value is -0.570. The number of carbonyl (C=O) groups excluding carboxylic acids is 1. The lowest BCUT2D eigenvalue weighted by Gasteiger charge is -2.58. The molecular weight excluding hydrogens is 224 g/mol. The Labute approximate surface area is 110 Å². The molecule has 4 saturated heterocycles. The zero-order valence-electron chi connectivity index (χ0n) is 11.2. The lowest BCUT2D eigenvalue weighted by atomic mass is 9.68. The molecule has 0 spiro atoms. The molecule has 4 atom stereocenters. The SMILES string of the molecule is O=C1CCCC2[C@@H]3CCCN4CCC[C@@H](CN12)C34. The van der Waals surface area contributed by atoms with E-state index < -0.39 is 0 Å². The van der Waals surface area contributed by atoms with Crippen LogP contribution in [0.4, 0.5) is 0 Å². The molecule has 18 heavy (non-hydrogen) atoms. The van der Waals surface area contributed by atoms with Gasteiger partial charge in [0.05, 0.1) is 0 Å². The van der Waals surface area contributed by atoms with Gasteiger partial charge in [0.25, 0.3) is 0 Å². The zero-order chi connectivity index (χ0) is 12.1. The van der Waals surface area contributed by atoms with E-state index in [1.165, 1.54) is 45.2 Å². The Bertz CT molecular complexity index is 354. The van der Waals surface area contributed by atoms with E-state index in [0.717, 1.165) is 37.3 Å². The minimum Gasteiger partial charge on any atom is -0.339 e. The third kappa shape index (κ3) is 1.56. The fourth-order valence-electron chi connectivity index (χ4n) is 5.26. The number of fused-ring (bicyclic) bond motifs is 2. The summed E-state index contributed by atoms with van der Waals surface area (Å²) in [4.78, 5) is 17.2. The molecule has 3 heteroatoms. The fourth-order valence-corrected chi connectivity index (χ4v) is 5.26. The summed E-state index contributed by atoms with van der Waals surface area (Å²) in [5.74, 6) is 2.02. The molecule has 3 nitrogen and oxygen atoms in total. The summed E-state index contributed by atoms with van der Waals surface area (Å²) >= 11 is 0. The molecule has 100 valence electrons. The number of carbonyl (C=O) groups is 1. The van der Waals surface area contributed by atoms with Crippen LogP contribution < -0.4 is 0 Å². The number of piperidine rings is 4. The summed E-state index contributed by atoms with van der Waals surface area (Å²) in [5, 5.41) is 0. The Balaban J connectivity index is 1.66. The first-order chi connectivity index (χ1) is 8.84. The van der Waals surface area contributed by atoms with Crippen molar-refractivity contribution in [1.29, 1.82) is 0 Å². The van der Waals surface area contributed by atoms with Gasteiger partial charge in [0.2, 0.25) is 5.91 Å². The van der Waals surface area contributed by atoms with Gasteiger partial charge in [0.1, 0.15) is 0 Å². The van der Waals surface area contributed by atoms with Gasteiger partial charge in [-0.3, -0.25) is 9.69 Å². The number of hydrogen-bond donors (Lipinski definition) is 0. The molecule has 4 heterocycles. The van der Waals surface area contributed by atoms with Crippen LogP contribution in [-0.4, -0.2) is 47.4 Å². The van der Waals surface area contributed by atoms with E-state index in [2.05, 4.69) is 9.80 Å². The molecule has 0 aliphatic carbocycles. The summed E-state index contributed by atoms with van der Waals surface area (Å²) in [6.45, 7) is 3.71. The van der Waals surface area contributed by atoms with Crippen LogP contribution in [0.3, 0.4) is 0 Å². The zero-order valence-corrected chi connectivity index (χ0v) is 11.2. The summed E-state index contributed by atoms with van der Waals surface area (Å²) in [5.41, 5.74) is 0. The van der Waals surface area contributed by atoms with Crippen LogP contribution in [0.25, 0.3) is 0 Å². The molecule has 2 unspecified atom stereocenters. The highest BCUT2D eigenvalue weighted by molar-refractivity contribution is 5.77. The maximum absolute atomic E-state index is 12.2. The first kappa shape index (κ1) is 11.3. The van der Waals surface area contributed by atoms with Crippen molar-refractivity contribution in [2.45, 2.75) is 57.0 Å². The quantitative estimate of drug-likeness (QED) is 0.653. The van der Waals surface area contributed by atoms with Crippen LogP contribution >= 0.6 is 0 Å². The third-order valence-corrected chi connectivity index (χ3v) is 5.88. The average Bonchev–Trinajstić information content (AvgIpc) is 2.41. The van der Waals surface area contributed by atoms with Crippen molar-refractivity contribution in [3.8, 4) is 0 Å². The number of amides is 1. The number of rotatable bonds is 0. The lowest BCUT2D eigenvalue weighted by Crippen LogP contribution is -2.66. The minimum atomic E-state index is 0.451. The first-order valence-corrected chi connectivity index (χ1v) is 7.88. The second-order valence-electron chi connectivity index (χ2n) is 6.74. The van der Waals surface area contributed by atoms with Gasteiger partial charge < -0.3 is 4.90 Å². The Morgan fingerprint density at radius 3 is 2.72 bits per heavy atom. The predicted molar refractivity (Wildman–Crippen MR) is 70.2 cm³/mol. The van der Waals surface area contributed by atoms with E-state index in [0.29, 0.717) is 11.9 Å². The summed E-state index contributed by atoms with van der Waals surface area (Å²) in [6, 6.07) is 1.41. The standard InChI is InChI=1S/C15H24N2O/c18-14-7-1-6-13-12-5-3-9-16-8-2-4-11(15(12)16)10-17(13)14/h11-13,15H,1-10H2/t11-,12-,13?,15?/m0/s1. The van der Waals surface area contributed by atoms with Gasteiger partial charge >= 0.3 is 0 Å². The highest BCUT2D eigenvalue weighted by atomic mass is 16.2. The van der Waals surface area contributed by atoms with Crippen LogP contribution in [0, 0.1) is 11.8 Å². The molecular formula is C15H24N2O. The van der Waals surface area contributed by atoms with Gasteiger partial charge in [0.15, 0.2) is 0 Å². The largest absolute Gasteiger partial charge is 0.339 e. The van der Waals surface area contributed by atoms with Gasteiger partial charge in [-0.05, 0) is 63.5 Å². The van der Waals surface area contributed by atoms with Crippen molar-refractivity contribution in [3.63, 3.8) is 0 Å². The maximum atomic E-state index is 12.2. The van der Waals surface area contributed by atoms with Gasteiger partial charge in [-0.1, -0.05) is 0 Å². The van der Waals surface area contributed by atoms with E-state index in [9.17, 15) is 4.79 Å². The Morgan fingerprint density at radius 1 is 1.00 bits per heavy atom. The van der Waals surface area contributed by atoms with E-state index in [1.54, 1.807) is 0 Å². The highest BCUT2D eigenvalue weighted by Crippen LogP contribution is 2.44. The molecule has 4 fully saturated rings. The minimum absolute atomic E-state index is 0.451. The average molecular weight is 248 g/mol. The fraction of sp³-hybridized carbons (Fsp3) is 0.933. The van der Waals surface area contributed by atoms with Crippen molar-refractivity contribution in [2.75, 3.05) is 19.6 Å². The molecule has 0 N–H and O–H groups in total. The second kappa shape index (κ2) is 4.22. The second-order valence-corrected chi connectivity index (χ2v) is 6.74. The van der Waals surface area contributed by atoms with Crippen LogP contribution in [0.2, 0.25) is 0 Å². The maximum Gasteiger partial charge on any atom is 0.222 e. The van der Waals surface area contributed by atoms with Crippen molar-refractivity contribution >= 4 is 5.91 Å². The van der Waals surface area contributed by atoms with Gasteiger partial charge in [0, 0.05) is 25.0 Å². The van der Waals surface area contributed by atoms with E-state index in [1.807, 2.05) is 0 Å². The van der Waals surface area contributed by atoms with E-state index >= 15 is 0 Å². The molecule has 4 aliphatic heterocycles. The number of nitrogens with zero attached hydrogens (tertiary/aromatic N) is 2. The predicted octanol–water partition coefficient (Wildman–Crippen LogP) is 1.87. The molecule has 0 aromatic heterocycles. The first-order valence-electron chi connectivity index (χ1n) is 7.88. The summed E-state index contributed by atoms with van der Waals surface area (Å²) in [7, 11) is 0. The smallest absolute Gasteiger partial charge is 0.222 e. The molecule has 1 amide bonds. The van der Waals surface area contributed by atoms with Crippen molar-refractivity contribution in [1.82, 2.24) is 9.80 Å². The van der Waals surface area contributed by atoms with Crippen molar-refractivity contribution < 1.29 is 4.79 Å². The van der Waals surface area contributed by atoms with Gasteiger partial charge in [-0.25, -0.2) is 0 Å². The molecule has 0 saturated carbocycles. The van der Waals surface area contributed by atoms with Crippen LogP contribution in [-0.2, 0) is 4.79 Å². The molecule has 4 rings (SSSR count). The molecule has 0 aromatic rings. The number of hydrogen-bond acceptors (Lipinski definition) is 2. The van der Waals surface area contributed by atoms with Crippen molar-refractivity contribution in [3.05, 3.63) is 0 Å². The van der Waals surface area contributed by atoms with Crippen LogP contribution in [0.5, 0.6) is 0 Å². The summed E-state index contributed by atoms with van der Waals surface area (Å²) in [6.07, 6.45) is 8.64. The van der Waals surface area contributed by atoms with E-state index in [-0.39, 0.29) is 0 Å². The third-order valence-electron chi connectivity index (χ3n) is 5.88. The van der Waals surface area contributed by atoms with Gasteiger partial charge in [-0.2, -0.15) is 0 Å². The summed E-state index contributed by atoms with van der Waals surface area (Å²) < 4.78 is 0. The van der Waals surface area contributed by atoms with E-state index in [4.69, 9.17) is 0 Å². The van der Waals surface area contributed by atoms with Gasteiger partial charge in [-0.15, -0.1) is 0 Å². The monoisotopic (exact) mass is 248 g/mol. The Morgan fingerprint density at radius 2 is 1.83 bits per heavy atom. The molecule has 0 radical (unpaired) electrons. The van der Waals surface area contributed by atoms with Crippen LogP contribution in [0.1, 0.15) is 44.9 Å². The Kier molecular flexibility index (Phi) is 2.65. The molecule has 4 aliphatic rings. The molecule has 0 aromatic carbocycles. The normalized spacial score (nSPS) is 44.4. The molecule has 0 bridgehead atoms. The van der Waals surface area contributed by atoms with Crippen LogP contribution in [0.15, 0.2) is 0 Å². The highest BCUT2D eigenvalue weighted by Gasteiger charge is 2.50. The topological polar surface area (TPSA) is 23.6 Å².